The molecule has 1 aromatic heterocycles. The summed E-state index contributed by atoms with van der Waals surface area (Å²) in [6, 6.07) is 17.4. The number of methoxy groups -OCH3 is 1. The molecule has 2 heterocycles. The molecule has 164 valence electrons. The molecule has 8 heteroatoms. The van der Waals surface area contributed by atoms with Crippen molar-refractivity contribution in [3.63, 3.8) is 0 Å². The van der Waals surface area contributed by atoms with Crippen molar-refractivity contribution in [2.24, 2.45) is 5.10 Å². The Bertz CT molecular complexity index is 1130. The average Bonchev–Trinajstić information content (AvgIpc) is 3.52. The first-order chi connectivity index (χ1) is 15.6. The predicted octanol–water partition coefficient (Wildman–Crippen LogP) is 4.28. The fraction of sp³-hybridized carbons (Fsp3) is 0.250. The second kappa shape index (κ2) is 10.2. The smallest absolute Gasteiger partial charge is 0.306 e. The predicted molar refractivity (Wildman–Crippen MR) is 122 cm³/mol. The second-order valence-electron chi connectivity index (χ2n) is 7.22. The molecule has 1 aliphatic heterocycles. The third-order valence-corrected chi connectivity index (χ3v) is 5.93. The Morgan fingerprint density at radius 3 is 2.69 bits per heavy atom. The highest BCUT2D eigenvalue weighted by Crippen LogP contribution is 2.27. The van der Waals surface area contributed by atoms with Gasteiger partial charge < -0.3 is 9.47 Å². The fourth-order valence-electron chi connectivity index (χ4n) is 3.30. The Morgan fingerprint density at radius 2 is 1.88 bits per heavy atom. The SMILES string of the molecule is COc1cccc(-c2nc(COC(=O)CCC(=O)N3CCC(c4ccccc4)=N3)cs2)c1. The summed E-state index contributed by atoms with van der Waals surface area (Å²) in [5, 5.41) is 8.53. The van der Waals surface area contributed by atoms with Crippen molar-refractivity contribution in [1.82, 2.24) is 9.99 Å². The van der Waals surface area contributed by atoms with Crippen LogP contribution < -0.4 is 4.74 Å². The number of carbonyl (C=O) groups excluding carboxylic acids is 2. The second-order valence-corrected chi connectivity index (χ2v) is 8.07. The Labute approximate surface area is 190 Å². The molecule has 0 spiro atoms. The maximum absolute atomic E-state index is 12.4. The van der Waals surface area contributed by atoms with Gasteiger partial charge in [0.2, 0.25) is 5.91 Å². The standard InChI is InChI=1S/C24H23N3O4S/c1-30-20-9-5-8-18(14-20)24-25-19(16-32-24)15-31-23(29)11-10-22(28)27-13-12-21(26-27)17-6-3-2-4-7-17/h2-9,14,16H,10-13,15H2,1H3. The maximum Gasteiger partial charge on any atom is 0.306 e. The van der Waals surface area contributed by atoms with E-state index in [4.69, 9.17) is 9.47 Å². The van der Waals surface area contributed by atoms with Crippen LogP contribution in [0.15, 0.2) is 65.1 Å². The zero-order valence-electron chi connectivity index (χ0n) is 17.7. The average molecular weight is 450 g/mol. The highest BCUT2D eigenvalue weighted by molar-refractivity contribution is 7.13. The van der Waals surface area contributed by atoms with Gasteiger partial charge in [-0.2, -0.15) is 5.10 Å². The largest absolute Gasteiger partial charge is 0.497 e. The van der Waals surface area contributed by atoms with Crippen LogP contribution in [-0.2, 0) is 20.9 Å². The number of esters is 1. The van der Waals surface area contributed by atoms with Crippen LogP contribution in [0.2, 0.25) is 0 Å². The number of ether oxygens (including phenoxy) is 2. The number of carbonyl (C=O) groups is 2. The van der Waals surface area contributed by atoms with Gasteiger partial charge in [-0.25, -0.2) is 9.99 Å². The maximum atomic E-state index is 12.4. The summed E-state index contributed by atoms with van der Waals surface area (Å²) < 4.78 is 10.5. The van der Waals surface area contributed by atoms with Crippen LogP contribution in [0.25, 0.3) is 10.6 Å². The minimum absolute atomic E-state index is 0.0123. The van der Waals surface area contributed by atoms with Crippen LogP contribution in [-0.4, -0.2) is 41.2 Å². The number of nitrogens with zero attached hydrogens (tertiary/aromatic N) is 3. The number of benzene rings is 2. The minimum Gasteiger partial charge on any atom is -0.497 e. The number of aromatic nitrogens is 1. The van der Waals surface area contributed by atoms with E-state index in [1.165, 1.54) is 16.3 Å². The van der Waals surface area contributed by atoms with E-state index < -0.39 is 5.97 Å². The molecule has 0 saturated heterocycles. The van der Waals surface area contributed by atoms with Crippen molar-refractivity contribution in [2.75, 3.05) is 13.7 Å². The summed E-state index contributed by atoms with van der Waals surface area (Å²) in [5.41, 5.74) is 3.51. The van der Waals surface area contributed by atoms with Crippen LogP contribution in [0, 0.1) is 0 Å². The molecule has 3 aromatic rings. The topological polar surface area (TPSA) is 81.1 Å². The molecule has 32 heavy (non-hydrogen) atoms. The van der Waals surface area contributed by atoms with E-state index in [0.29, 0.717) is 18.7 Å². The van der Waals surface area contributed by atoms with Gasteiger partial charge in [0.25, 0.3) is 0 Å². The van der Waals surface area contributed by atoms with Crippen LogP contribution in [0.3, 0.4) is 0 Å². The van der Waals surface area contributed by atoms with Crippen LogP contribution in [0.5, 0.6) is 5.75 Å². The number of hydrazone groups is 1. The van der Waals surface area contributed by atoms with Gasteiger partial charge in [-0.3, -0.25) is 9.59 Å². The monoisotopic (exact) mass is 449 g/mol. The molecule has 0 N–H and O–H groups in total. The Hall–Kier alpha value is -3.52. The first-order valence-corrected chi connectivity index (χ1v) is 11.2. The van der Waals surface area contributed by atoms with E-state index in [-0.39, 0.29) is 25.4 Å². The van der Waals surface area contributed by atoms with Crippen LogP contribution in [0.4, 0.5) is 0 Å². The Morgan fingerprint density at radius 1 is 1.06 bits per heavy atom. The zero-order chi connectivity index (χ0) is 22.3. The molecule has 0 atom stereocenters. The van der Waals surface area contributed by atoms with E-state index in [1.54, 1.807) is 7.11 Å². The number of rotatable bonds is 8. The van der Waals surface area contributed by atoms with Gasteiger partial charge in [0.15, 0.2) is 0 Å². The first kappa shape index (κ1) is 21.7. The summed E-state index contributed by atoms with van der Waals surface area (Å²) in [6.07, 6.45) is 0.786. The van der Waals surface area contributed by atoms with E-state index in [2.05, 4.69) is 10.1 Å². The molecule has 4 rings (SSSR count). The molecule has 0 fully saturated rings. The van der Waals surface area contributed by atoms with Crippen molar-refractivity contribution in [2.45, 2.75) is 25.9 Å². The molecule has 0 saturated carbocycles. The highest BCUT2D eigenvalue weighted by Gasteiger charge is 2.22. The molecule has 1 amide bonds. The first-order valence-electron chi connectivity index (χ1n) is 10.3. The van der Waals surface area contributed by atoms with Crippen LogP contribution in [0.1, 0.15) is 30.5 Å². The lowest BCUT2D eigenvalue weighted by molar-refractivity contribution is -0.147. The van der Waals surface area contributed by atoms with E-state index in [9.17, 15) is 9.59 Å². The molecule has 7 nitrogen and oxygen atoms in total. The zero-order valence-corrected chi connectivity index (χ0v) is 18.5. The van der Waals surface area contributed by atoms with Crippen molar-refractivity contribution >= 4 is 28.9 Å². The Balaban J connectivity index is 1.24. The van der Waals surface area contributed by atoms with Crippen LogP contribution >= 0.6 is 11.3 Å². The lowest BCUT2D eigenvalue weighted by atomic mass is 10.1. The Kier molecular flexibility index (Phi) is 6.91. The summed E-state index contributed by atoms with van der Waals surface area (Å²) in [7, 11) is 1.62. The quantitative estimate of drug-likeness (QED) is 0.480. The summed E-state index contributed by atoms with van der Waals surface area (Å²) in [6.45, 7) is 0.609. The number of hydrogen-bond acceptors (Lipinski definition) is 7. The van der Waals surface area contributed by atoms with Gasteiger partial charge in [0.1, 0.15) is 17.4 Å². The summed E-state index contributed by atoms with van der Waals surface area (Å²) >= 11 is 1.47. The van der Waals surface area contributed by atoms with Crippen molar-refractivity contribution in [1.29, 1.82) is 0 Å². The summed E-state index contributed by atoms with van der Waals surface area (Å²) in [5.74, 6) is 0.149. The third-order valence-electron chi connectivity index (χ3n) is 4.99. The highest BCUT2D eigenvalue weighted by atomic mass is 32.1. The molecular weight excluding hydrogens is 426 g/mol. The van der Waals surface area contributed by atoms with Gasteiger partial charge in [0.05, 0.1) is 31.5 Å². The molecule has 1 aliphatic rings. The molecule has 0 aliphatic carbocycles. The van der Waals surface area contributed by atoms with Gasteiger partial charge in [-0.05, 0) is 17.7 Å². The van der Waals surface area contributed by atoms with E-state index >= 15 is 0 Å². The van der Waals surface area contributed by atoms with E-state index in [0.717, 1.165) is 27.6 Å². The molecule has 0 bridgehead atoms. The number of hydrogen-bond donors (Lipinski definition) is 0. The lowest BCUT2D eigenvalue weighted by Gasteiger charge is -2.10. The fourth-order valence-corrected chi connectivity index (χ4v) is 4.10. The van der Waals surface area contributed by atoms with Crippen molar-refractivity contribution in [3.05, 3.63) is 71.2 Å². The molecule has 2 aromatic carbocycles. The van der Waals surface area contributed by atoms with Gasteiger partial charge in [-0.1, -0.05) is 42.5 Å². The van der Waals surface area contributed by atoms with Crippen molar-refractivity contribution < 1.29 is 19.1 Å². The minimum atomic E-state index is -0.430. The molecule has 0 unspecified atom stereocenters. The summed E-state index contributed by atoms with van der Waals surface area (Å²) in [4.78, 5) is 29.0. The third kappa shape index (κ3) is 5.39. The molecular formula is C24H23N3O4S. The normalized spacial score (nSPS) is 13.0. The number of amides is 1. The van der Waals surface area contributed by atoms with Gasteiger partial charge in [-0.15, -0.1) is 11.3 Å². The number of thiazole rings is 1. The van der Waals surface area contributed by atoms with E-state index in [1.807, 2.05) is 60.0 Å². The van der Waals surface area contributed by atoms with Gasteiger partial charge >= 0.3 is 5.97 Å². The van der Waals surface area contributed by atoms with Crippen molar-refractivity contribution in [3.8, 4) is 16.3 Å². The molecule has 0 radical (unpaired) electrons. The lowest BCUT2D eigenvalue weighted by Crippen LogP contribution is -2.24. The van der Waals surface area contributed by atoms with Gasteiger partial charge in [0, 0.05) is 23.8 Å².